The standard InChI is InChI=1S/C20H34/c1-4-7-9-11-14-19-16-12-15-18(13-6-3)20(19)17-10-8-5-2/h12,15-16H,4-11,13-14,17H2,1-3H3. The zero-order chi connectivity index (χ0) is 14.6. The summed E-state index contributed by atoms with van der Waals surface area (Å²) in [5.74, 6) is 0. The average Bonchev–Trinajstić information content (AvgIpc) is 2.46. The van der Waals surface area contributed by atoms with Gasteiger partial charge < -0.3 is 0 Å². The molecule has 1 rings (SSSR count). The summed E-state index contributed by atoms with van der Waals surface area (Å²) in [6.07, 6.45) is 14.6. The maximum absolute atomic E-state index is 2.38. The highest BCUT2D eigenvalue weighted by atomic mass is 14.1. The molecule has 0 radical (unpaired) electrons. The molecule has 0 aliphatic heterocycles. The lowest BCUT2D eigenvalue weighted by molar-refractivity contribution is 0.658. The first-order valence-corrected chi connectivity index (χ1v) is 8.93. The Hall–Kier alpha value is -0.780. The summed E-state index contributed by atoms with van der Waals surface area (Å²) < 4.78 is 0. The zero-order valence-electron chi connectivity index (χ0n) is 14.0. The van der Waals surface area contributed by atoms with Gasteiger partial charge in [0, 0.05) is 0 Å². The van der Waals surface area contributed by atoms with Crippen molar-refractivity contribution in [2.75, 3.05) is 0 Å². The molecule has 0 amide bonds. The molecular formula is C20H34. The third-order valence-electron chi connectivity index (χ3n) is 4.22. The molecule has 0 aromatic heterocycles. The van der Waals surface area contributed by atoms with Crippen molar-refractivity contribution < 1.29 is 0 Å². The first kappa shape index (κ1) is 17.3. The molecule has 0 aliphatic carbocycles. The van der Waals surface area contributed by atoms with E-state index in [1.54, 1.807) is 16.7 Å². The maximum atomic E-state index is 2.38. The average molecular weight is 274 g/mol. The molecule has 0 heteroatoms. The number of hydrogen-bond donors (Lipinski definition) is 0. The quantitative estimate of drug-likeness (QED) is 0.404. The van der Waals surface area contributed by atoms with E-state index in [0.717, 1.165) is 0 Å². The predicted molar refractivity (Wildman–Crippen MR) is 91.5 cm³/mol. The first-order valence-electron chi connectivity index (χ1n) is 8.93. The first-order chi connectivity index (χ1) is 9.83. The molecule has 0 saturated carbocycles. The molecule has 0 nitrogen and oxygen atoms in total. The van der Waals surface area contributed by atoms with E-state index in [2.05, 4.69) is 39.0 Å². The molecule has 0 N–H and O–H groups in total. The Kier molecular flexibility index (Phi) is 9.45. The van der Waals surface area contributed by atoms with Crippen molar-refractivity contribution in [1.29, 1.82) is 0 Å². The monoisotopic (exact) mass is 274 g/mol. The molecule has 0 unspecified atom stereocenters. The van der Waals surface area contributed by atoms with Gasteiger partial charge in [0.05, 0.1) is 0 Å². The fourth-order valence-corrected chi connectivity index (χ4v) is 3.04. The Morgan fingerprint density at radius 1 is 0.600 bits per heavy atom. The molecule has 114 valence electrons. The molecule has 20 heavy (non-hydrogen) atoms. The summed E-state index contributed by atoms with van der Waals surface area (Å²) >= 11 is 0. The largest absolute Gasteiger partial charge is 0.0654 e. The minimum Gasteiger partial charge on any atom is -0.0654 e. The Morgan fingerprint density at radius 3 is 1.85 bits per heavy atom. The van der Waals surface area contributed by atoms with E-state index < -0.39 is 0 Å². The second-order valence-corrected chi connectivity index (χ2v) is 6.07. The summed E-state index contributed by atoms with van der Waals surface area (Å²) in [7, 11) is 0. The van der Waals surface area contributed by atoms with Crippen LogP contribution in [-0.2, 0) is 19.3 Å². The second-order valence-electron chi connectivity index (χ2n) is 6.07. The van der Waals surface area contributed by atoms with Crippen LogP contribution in [0.4, 0.5) is 0 Å². The highest BCUT2D eigenvalue weighted by molar-refractivity contribution is 5.36. The minimum atomic E-state index is 1.25. The highest BCUT2D eigenvalue weighted by Gasteiger charge is 2.07. The van der Waals surface area contributed by atoms with Gasteiger partial charge in [-0.3, -0.25) is 0 Å². The highest BCUT2D eigenvalue weighted by Crippen LogP contribution is 2.22. The molecule has 0 heterocycles. The van der Waals surface area contributed by atoms with Gasteiger partial charge in [0.2, 0.25) is 0 Å². The molecule has 0 bridgehead atoms. The smallest absolute Gasteiger partial charge is 0.0273 e. The summed E-state index contributed by atoms with van der Waals surface area (Å²) in [5.41, 5.74) is 4.96. The van der Waals surface area contributed by atoms with Gasteiger partial charge in [0.1, 0.15) is 0 Å². The van der Waals surface area contributed by atoms with Crippen molar-refractivity contribution in [2.45, 2.75) is 91.4 Å². The van der Waals surface area contributed by atoms with Gasteiger partial charge in [-0.15, -0.1) is 0 Å². The summed E-state index contributed by atoms with van der Waals surface area (Å²) in [5, 5.41) is 0. The zero-order valence-corrected chi connectivity index (χ0v) is 14.0. The Bertz CT molecular complexity index is 351. The lowest BCUT2D eigenvalue weighted by atomic mass is 9.91. The topological polar surface area (TPSA) is 0 Å². The molecular weight excluding hydrogens is 240 g/mol. The van der Waals surface area contributed by atoms with Gasteiger partial charge in [-0.2, -0.15) is 0 Å². The van der Waals surface area contributed by atoms with Crippen molar-refractivity contribution in [2.24, 2.45) is 0 Å². The van der Waals surface area contributed by atoms with Crippen molar-refractivity contribution in [1.82, 2.24) is 0 Å². The molecule has 1 aromatic carbocycles. The van der Waals surface area contributed by atoms with Crippen LogP contribution in [0.5, 0.6) is 0 Å². The fourth-order valence-electron chi connectivity index (χ4n) is 3.04. The van der Waals surface area contributed by atoms with Crippen LogP contribution in [0, 0.1) is 0 Å². The number of benzene rings is 1. The summed E-state index contributed by atoms with van der Waals surface area (Å²) in [6.45, 7) is 6.88. The van der Waals surface area contributed by atoms with Crippen LogP contribution in [0.2, 0.25) is 0 Å². The normalized spacial score (nSPS) is 10.9. The molecule has 0 atom stereocenters. The van der Waals surface area contributed by atoms with Gasteiger partial charge in [-0.05, 0) is 48.8 Å². The van der Waals surface area contributed by atoms with E-state index in [1.807, 2.05) is 0 Å². The van der Waals surface area contributed by atoms with E-state index >= 15 is 0 Å². The Morgan fingerprint density at radius 2 is 1.20 bits per heavy atom. The van der Waals surface area contributed by atoms with E-state index in [9.17, 15) is 0 Å². The van der Waals surface area contributed by atoms with Crippen LogP contribution >= 0.6 is 0 Å². The van der Waals surface area contributed by atoms with Gasteiger partial charge in [0.25, 0.3) is 0 Å². The van der Waals surface area contributed by atoms with Crippen molar-refractivity contribution in [3.63, 3.8) is 0 Å². The van der Waals surface area contributed by atoms with Gasteiger partial charge >= 0.3 is 0 Å². The van der Waals surface area contributed by atoms with Gasteiger partial charge in [0.15, 0.2) is 0 Å². The maximum Gasteiger partial charge on any atom is -0.0273 e. The van der Waals surface area contributed by atoms with Crippen LogP contribution in [0.15, 0.2) is 18.2 Å². The van der Waals surface area contributed by atoms with Crippen LogP contribution in [0.25, 0.3) is 0 Å². The van der Waals surface area contributed by atoms with Crippen LogP contribution in [0.1, 0.15) is 88.8 Å². The molecule has 0 spiro atoms. The second kappa shape index (κ2) is 10.9. The number of hydrogen-bond acceptors (Lipinski definition) is 0. The lowest BCUT2D eigenvalue weighted by Gasteiger charge is -2.15. The van der Waals surface area contributed by atoms with E-state index in [0.29, 0.717) is 0 Å². The number of unbranched alkanes of at least 4 members (excludes halogenated alkanes) is 5. The third kappa shape index (κ3) is 6.11. The van der Waals surface area contributed by atoms with Crippen molar-refractivity contribution in [3.05, 3.63) is 34.9 Å². The third-order valence-corrected chi connectivity index (χ3v) is 4.22. The molecule has 0 aliphatic rings. The van der Waals surface area contributed by atoms with E-state index in [1.165, 1.54) is 70.6 Å². The Labute approximate surface area is 127 Å². The summed E-state index contributed by atoms with van der Waals surface area (Å²) in [6, 6.07) is 7.02. The van der Waals surface area contributed by atoms with Gasteiger partial charge in [-0.1, -0.05) is 77.5 Å². The lowest BCUT2D eigenvalue weighted by Crippen LogP contribution is -2.01. The van der Waals surface area contributed by atoms with Gasteiger partial charge in [-0.25, -0.2) is 0 Å². The Balaban J connectivity index is 2.70. The number of aryl methyl sites for hydroxylation is 2. The van der Waals surface area contributed by atoms with E-state index in [4.69, 9.17) is 0 Å². The van der Waals surface area contributed by atoms with E-state index in [-0.39, 0.29) is 0 Å². The molecule has 1 aromatic rings. The number of rotatable bonds is 11. The van der Waals surface area contributed by atoms with Crippen LogP contribution in [-0.4, -0.2) is 0 Å². The summed E-state index contributed by atoms with van der Waals surface area (Å²) in [4.78, 5) is 0. The fraction of sp³-hybridized carbons (Fsp3) is 0.700. The SMILES string of the molecule is CCCCCCc1cccc(CCC)c1CCCCC. The minimum absolute atomic E-state index is 1.25. The van der Waals surface area contributed by atoms with Crippen molar-refractivity contribution >= 4 is 0 Å². The van der Waals surface area contributed by atoms with Crippen molar-refractivity contribution in [3.8, 4) is 0 Å². The van der Waals surface area contributed by atoms with Crippen LogP contribution in [0.3, 0.4) is 0 Å². The predicted octanol–water partition coefficient (Wildman–Crippen LogP) is 6.49. The molecule has 0 saturated heterocycles. The molecule has 0 fully saturated rings. The van der Waals surface area contributed by atoms with Crippen LogP contribution < -0.4 is 0 Å².